The zero-order chi connectivity index (χ0) is 27.3. The van der Waals surface area contributed by atoms with Crippen molar-refractivity contribution in [3.63, 3.8) is 0 Å². The number of aromatic nitrogens is 2. The summed E-state index contributed by atoms with van der Waals surface area (Å²) in [5.41, 5.74) is 2.84. The second kappa shape index (κ2) is 11.9. The summed E-state index contributed by atoms with van der Waals surface area (Å²) in [6.07, 6.45) is -2.77. The first-order chi connectivity index (χ1) is 16.5. The van der Waals surface area contributed by atoms with Crippen LogP contribution in [0.1, 0.15) is 54.2 Å². The van der Waals surface area contributed by atoms with Crippen molar-refractivity contribution < 1.29 is 46.2 Å². The number of nitrogens with two attached hydrogens (primary N) is 1. The van der Waals surface area contributed by atoms with E-state index in [1.807, 2.05) is 0 Å². The van der Waals surface area contributed by atoms with Crippen molar-refractivity contribution in [3.05, 3.63) is 22.7 Å². The molecule has 2 unspecified atom stereocenters. The van der Waals surface area contributed by atoms with Gasteiger partial charge in [0.2, 0.25) is 19.8 Å². The maximum absolute atomic E-state index is 14.6. The molecule has 15 heteroatoms. The summed E-state index contributed by atoms with van der Waals surface area (Å²) >= 11 is 0. The largest absolute Gasteiger partial charge is 0.438 e. The third-order valence-corrected chi connectivity index (χ3v) is 5.57. The Hall–Kier alpha value is -2.25. The molecule has 0 radical (unpaired) electrons. The van der Waals surface area contributed by atoms with Crippen LogP contribution in [0.15, 0.2) is 17.1 Å². The molecule has 36 heavy (non-hydrogen) atoms. The predicted molar refractivity (Wildman–Crippen MR) is 122 cm³/mol. The average molecular weight is 539 g/mol. The monoisotopic (exact) mass is 539 g/mol. The van der Waals surface area contributed by atoms with Gasteiger partial charge in [0.1, 0.15) is 5.82 Å². The van der Waals surface area contributed by atoms with Gasteiger partial charge < -0.3 is 24.5 Å². The molecule has 0 amide bonds. The third kappa shape index (κ3) is 8.70. The van der Waals surface area contributed by atoms with E-state index < -0.39 is 81.9 Å². The Bertz CT molecular complexity index is 947. The van der Waals surface area contributed by atoms with Gasteiger partial charge in [-0.2, -0.15) is 4.98 Å². The van der Waals surface area contributed by atoms with E-state index in [1.165, 1.54) is 6.07 Å². The first kappa shape index (κ1) is 30.0. The Balaban J connectivity index is 1.99. The first-order valence-corrected chi connectivity index (χ1v) is 12.0. The Morgan fingerprint density at radius 2 is 1.64 bits per heavy atom. The van der Waals surface area contributed by atoms with Crippen molar-refractivity contribution in [2.24, 2.45) is 10.8 Å². The van der Waals surface area contributed by atoms with Gasteiger partial charge in [0.15, 0.2) is 0 Å². The molecular weight excluding hydrogens is 507 g/mol. The number of rotatable bonds is 10. The van der Waals surface area contributed by atoms with E-state index >= 15 is 0 Å². The third-order valence-electron chi connectivity index (χ3n) is 4.57. The first-order valence-electron chi connectivity index (χ1n) is 10.9. The van der Waals surface area contributed by atoms with Crippen LogP contribution in [-0.4, -0.2) is 53.7 Å². The number of hydrogen-bond donors (Lipinski definition) is 1. The molecule has 0 aliphatic carbocycles. The Labute approximate surface area is 208 Å². The number of carbonyl (C=O) groups excluding carboxylic acids is 2. The summed E-state index contributed by atoms with van der Waals surface area (Å²) in [4.78, 5) is 39.3. The van der Waals surface area contributed by atoms with Crippen molar-refractivity contribution in [1.29, 1.82) is 0 Å². The topological polar surface area (TPSA) is 150 Å². The van der Waals surface area contributed by atoms with E-state index in [0.29, 0.717) is 4.57 Å². The van der Waals surface area contributed by atoms with E-state index in [0.717, 1.165) is 6.20 Å². The summed E-state index contributed by atoms with van der Waals surface area (Å²) < 4.78 is 61.2. The standard InChI is InChI=1S/C21H32F2N3O9P/c1-19(2,3)16(27)30-11-33-36(34-12-31-17(28)20(4,5)6)32-10-13-9-21(22,23)15(35-13)26-8-7-14(24)25-18(26)29/h7-8,13,15H,9-12H2,1-6H3,(H2,24,25,29). The van der Waals surface area contributed by atoms with Gasteiger partial charge in [-0.05, 0) is 47.6 Å². The number of halogens is 2. The average Bonchev–Trinajstić information content (AvgIpc) is 3.04. The molecule has 1 aromatic rings. The lowest BCUT2D eigenvalue weighted by Gasteiger charge is -2.22. The zero-order valence-electron chi connectivity index (χ0n) is 21.0. The van der Waals surface area contributed by atoms with Crippen LogP contribution in [0.3, 0.4) is 0 Å². The Morgan fingerprint density at radius 1 is 1.11 bits per heavy atom. The minimum Gasteiger partial charge on any atom is -0.438 e. The van der Waals surface area contributed by atoms with Crippen LogP contribution in [-0.2, 0) is 37.4 Å². The maximum Gasteiger partial charge on any atom is 0.351 e. The molecule has 1 aliphatic rings. The Kier molecular flexibility index (Phi) is 9.88. The van der Waals surface area contributed by atoms with E-state index in [-0.39, 0.29) is 5.82 Å². The quantitative estimate of drug-likeness (QED) is 0.265. The van der Waals surface area contributed by atoms with E-state index in [9.17, 15) is 23.2 Å². The molecule has 2 rings (SSSR count). The fraction of sp³-hybridized carbons (Fsp3) is 0.714. The Morgan fingerprint density at radius 3 is 2.11 bits per heavy atom. The van der Waals surface area contributed by atoms with Gasteiger partial charge in [0.05, 0.1) is 23.5 Å². The SMILES string of the molecule is CC(C)(C)C(=O)OCOP(OCOC(=O)C(C)(C)C)OCC1CC(F)(F)C(n2ccc(N)nc2=O)O1. The van der Waals surface area contributed by atoms with Gasteiger partial charge in [0.25, 0.3) is 5.92 Å². The van der Waals surface area contributed by atoms with Crippen molar-refractivity contribution in [1.82, 2.24) is 9.55 Å². The molecule has 0 aromatic carbocycles. The number of nitrogens with zero attached hydrogens (tertiary/aromatic N) is 2. The van der Waals surface area contributed by atoms with Gasteiger partial charge >= 0.3 is 26.2 Å². The summed E-state index contributed by atoms with van der Waals surface area (Å²) in [7, 11) is -2.30. The van der Waals surface area contributed by atoms with Gasteiger partial charge in [-0.3, -0.25) is 23.2 Å². The molecular formula is C21H32F2N3O9P. The molecule has 12 nitrogen and oxygen atoms in total. The van der Waals surface area contributed by atoms with Crippen molar-refractivity contribution in [2.75, 3.05) is 25.9 Å². The van der Waals surface area contributed by atoms with Gasteiger partial charge in [-0.1, -0.05) is 0 Å². The maximum atomic E-state index is 14.6. The van der Waals surface area contributed by atoms with Crippen LogP contribution < -0.4 is 11.4 Å². The molecule has 1 aliphatic heterocycles. The number of carbonyl (C=O) groups is 2. The van der Waals surface area contributed by atoms with Crippen LogP contribution in [0.2, 0.25) is 0 Å². The highest BCUT2D eigenvalue weighted by molar-refractivity contribution is 7.41. The van der Waals surface area contributed by atoms with Crippen LogP contribution in [0.25, 0.3) is 0 Å². The summed E-state index contributed by atoms with van der Waals surface area (Å²) in [5, 5.41) is 0. The minimum atomic E-state index is -3.41. The highest BCUT2D eigenvalue weighted by Crippen LogP contribution is 2.45. The lowest BCUT2D eigenvalue weighted by Crippen LogP contribution is -2.35. The van der Waals surface area contributed by atoms with E-state index in [4.69, 9.17) is 33.5 Å². The van der Waals surface area contributed by atoms with Crippen LogP contribution in [0.4, 0.5) is 14.6 Å². The van der Waals surface area contributed by atoms with Crippen molar-refractivity contribution >= 4 is 26.4 Å². The van der Waals surface area contributed by atoms with E-state index in [2.05, 4.69) is 4.98 Å². The molecule has 204 valence electrons. The van der Waals surface area contributed by atoms with Crippen LogP contribution in [0, 0.1) is 10.8 Å². The van der Waals surface area contributed by atoms with Crippen LogP contribution in [0.5, 0.6) is 0 Å². The molecule has 1 aromatic heterocycles. The summed E-state index contributed by atoms with van der Waals surface area (Å²) in [5.74, 6) is -4.64. The second-order valence-electron chi connectivity index (χ2n) is 9.99. The lowest BCUT2D eigenvalue weighted by molar-refractivity contribution is -0.162. The molecule has 0 bridgehead atoms. The van der Waals surface area contributed by atoms with Gasteiger partial charge in [-0.25, -0.2) is 13.6 Å². The number of alkyl halides is 2. The number of esters is 2. The summed E-state index contributed by atoms with van der Waals surface area (Å²) in [6.45, 7) is 8.35. The second-order valence-corrected chi connectivity index (χ2v) is 11.2. The fourth-order valence-electron chi connectivity index (χ4n) is 2.64. The molecule has 2 N–H and O–H groups in total. The molecule has 0 saturated carbocycles. The molecule has 0 spiro atoms. The minimum absolute atomic E-state index is 0.114. The highest BCUT2D eigenvalue weighted by Gasteiger charge is 2.52. The number of nitrogen functional groups attached to an aromatic ring is 1. The van der Waals surface area contributed by atoms with E-state index in [1.54, 1.807) is 41.5 Å². The van der Waals surface area contributed by atoms with Crippen molar-refractivity contribution in [2.45, 2.75) is 66.2 Å². The zero-order valence-corrected chi connectivity index (χ0v) is 21.9. The van der Waals surface area contributed by atoms with Gasteiger partial charge in [0, 0.05) is 12.6 Å². The highest BCUT2D eigenvalue weighted by atomic mass is 31.2. The van der Waals surface area contributed by atoms with Crippen molar-refractivity contribution in [3.8, 4) is 0 Å². The lowest BCUT2D eigenvalue weighted by atomic mass is 9.98. The number of hydrogen-bond acceptors (Lipinski definition) is 11. The fourth-order valence-corrected chi connectivity index (χ4v) is 3.43. The normalized spacial score (nSPS) is 19.9. The predicted octanol–water partition coefficient (Wildman–Crippen LogP) is 3.12. The van der Waals surface area contributed by atoms with Gasteiger partial charge in [-0.15, -0.1) is 0 Å². The summed E-state index contributed by atoms with van der Waals surface area (Å²) in [6, 6.07) is 1.20. The molecule has 1 saturated heterocycles. The van der Waals surface area contributed by atoms with Crippen LogP contribution >= 0.6 is 8.60 Å². The molecule has 1 fully saturated rings. The smallest absolute Gasteiger partial charge is 0.351 e. The molecule has 2 atom stereocenters. The number of ether oxygens (including phenoxy) is 3. The molecule has 2 heterocycles. The number of anilines is 1.